The fourth-order valence-corrected chi connectivity index (χ4v) is 1.97. The SMILES string of the molecule is CCCNN(CC)C1CCCC1. The van der Waals surface area contributed by atoms with Gasteiger partial charge in [0.15, 0.2) is 0 Å². The van der Waals surface area contributed by atoms with Crippen LogP contribution in [0.5, 0.6) is 0 Å². The quantitative estimate of drug-likeness (QED) is 0.636. The van der Waals surface area contributed by atoms with E-state index in [9.17, 15) is 0 Å². The summed E-state index contributed by atoms with van der Waals surface area (Å²) in [7, 11) is 0. The lowest BCUT2D eigenvalue weighted by Gasteiger charge is -2.27. The third-order valence-corrected chi connectivity index (χ3v) is 2.67. The van der Waals surface area contributed by atoms with Crippen LogP contribution in [0, 0.1) is 0 Å². The number of nitrogens with zero attached hydrogens (tertiary/aromatic N) is 1. The Morgan fingerprint density at radius 3 is 2.42 bits per heavy atom. The van der Waals surface area contributed by atoms with Crippen molar-refractivity contribution in [2.45, 2.75) is 52.0 Å². The van der Waals surface area contributed by atoms with Crippen LogP contribution in [0.1, 0.15) is 46.0 Å². The van der Waals surface area contributed by atoms with Crippen LogP contribution in [-0.2, 0) is 0 Å². The lowest BCUT2D eigenvalue weighted by Crippen LogP contribution is -2.44. The first-order valence-corrected chi connectivity index (χ1v) is 5.38. The number of hydrogen-bond donors (Lipinski definition) is 1. The highest BCUT2D eigenvalue weighted by atomic mass is 15.5. The van der Waals surface area contributed by atoms with Gasteiger partial charge in [-0.25, -0.2) is 5.01 Å². The summed E-state index contributed by atoms with van der Waals surface area (Å²) >= 11 is 0. The minimum Gasteiger partial charge on any atom is -0.255 e. The van der Waals surface area contributed by atoms with Crippen LogP contribution in [-0.4, -0.2) is 24.1 Å². The summed E-state index contributed by atoms with van der Waals surface area (Å²) in [5.41, 5.74) is 3.49. The number of rotatable bonds is 5. The molecule has 12 heavy (non-hydrogen) atoms. The fraction of sp³-hybridized carbons (Fsp3) is 1.00. The van der Waals surface area contributed by atoms with Crippen molar-refractivity contribution < 1.29 is 0 Å². The summed E-state index contributed by atoms with van der Waals surface area (Å²) in [5.74, 6) is 0. The molecular formula is C10H22N2. The van der Waals surface area contributed by atoms with E-state index in [2.05, 4.69) is 24.3 Å². The Hall–Kier alpha value is -0.0800. The van der Waals surface area contributed by atoms with Crippen molar-refractivity contribution in [3.8, 4) is 0 Å². The van der Waals surface area contributed by atoms with Crippen molar-refractivity contribution in [3.63, 3.8) is 0 Å². The maximum Gasteiger partial charge on any atom is 0.0243 e. The van der Waals surface area contributed by atoms with E-state index in [0.29, 0.717) is 0 Å². The van der Waals surface area contributed by atoms with E-state index in [0.717, 1.165) is 19.1 Å². The third kappa shape index (κ3) is 2.76. The first kappa shape index (κ1) is 10.0. The Kier molecular flexibility index (Phi) is 4.62. The Balaban J connectivity index is 2.22. The average molecular weight is 170 g/mol. The molecular weight excluding hydrogens is 148 g/mol. The molecule has 0 unspecified atom stereocenters. The van der Waals surface area contributed by atoms with Crippen LogP contribution < -0.4 is 5.43 Å². The molecule has 1 N–H and O–H groups in total. The zero-order valence-corrected chi connectivity index (χ0v) is 8.47. The van der Waals surface area contributed by atoms with Crippen LogP contribution in [0.15, 0.2) is 0 Å². The minimum absolute atomic E-state index is 0.821. The van der Waals surface area contributed by atoms with Gasteiger partial charge < -0.3 is 0 Å². The molecule has 0 heterocycles. The predicted molar refractivity (Wildman–Crippen MR) is 52.9 cm³/mol. The zero-order chi connectivity index (χ0) is 8.81. The van der Waals surface area contributed by atoms with E-state index in [1.807, 2.05) is 0 Å². The van der Waals surface area contributed by atoms with Crippen molar-refractivity contribution in [2.75, 3.05) is 13.1 Å². The second-order valence-corrected chi connectivity index (χ2v) is 3.63. The number of hydrogen-bond acceptors (Lipinski definition) is 2. The summed E-state index contributed by atoms with van der Waals surface area (Å²) in [5, 5.41) is 2.43. The van der Waals surface area contributed by atoms with Crippen molar-refractivity contribution in [3.05, 3.63) is 0 Å². The molecule has 0 aliphatic heterocycles. The molecule has 2 heteroatoms. The monoisotopic (exact) mass is 170 g/mol. The lowest BCUT2D eigenvalue weighted by atomic mass is 10.2. The highest BCUT2D eigenvalue weighted by molar-refractivity contribution is 4.74. The van der Waals surface area contributed by atoms with Gasteiger partial charge in [0.05, 0.1) is 0 Å². The average Bonchev–Trinajstić information content (AvgIpc) is 2.59. The van der Waals surface area contributed by atoms with Crippen molar-refractivity contribution in [1.29, 1.82) is 0 Å². The molecule has 0 aromatic heterocycles. The van der Waals surface area contributed by atoms with Crippen molar-refractivity contribution in [1.82, 2.24) is 10.4 Å². The molecule has 0 bridgehead atoms. The summed E-state index contributed by atoms with van der Waals surface area (Å²) in [6, 6.07) is 0.821. The van der Waals surface area contributed by atoms with Crippen LogP contribution in [0.4, 0.5) is 0 Å². The predicted octanol–water partition coefficient (Wildman–Crippen LogP) is 2.17. The highest BCUT2D eigenvalue weighted by Gasteiger charge is 2.20. The summed E-state index contributed by atoms with van der Waals surface area (Å²) in [6.07, 6.45) is 6.86. The van der Waals surface area contributed by atoms with Gasteiger partial charge in [0.2, 0.25) is 0 Å². The Labute approximate surface area is 76.3 Å². The Morgan fingerprint density at radius 1 is 1.25 bits per heavy atom. The van der Waals surface area contributed by atoms with Gasteiger partial charge in [0.1, 0.15) is 0 Å². The molecule has 1 aliphatic rings. The molecule has 72 valence electrons. The van der Waals surface area contributed by atoms with Gasteiger partial charge >= 0.3 is 0 Å². The van der Waals surface area contributed by atoms with Crippen LogP contribution in [0.25, 0.3) is 0 Å². The van der Waals surface area contributed by atoms with E-state index < -0.39 is 0 Å². The van der Waals surface area contributed by atoms with Gasteiger partial charge in [-0.15, -0.1) is 0 Å². The molecule has 1 fully saturated rings. The first-order valence-electron chi connectivity index (χ1n) is 5.38. The molecule has 0 radical (unpaired) electrons. The highest BCUT2D eigenvalue weighted by Crippen LogP contribution is 2.21. The van der Waals surface area contributed by atoms with E-state index in [-0.39, 0.29) is 0 Å². The van der Waals surface area contributed by atoms with E-state index >= 15 is 0 Å². The molecule has 1 rings (SSSR count). The van der Waals surface area contributed by atoms with Gasteiger partial charge in [-0.2, -0.15) is 0 Å². The van der Waals surface area contributed by atoms with Gasteiger partial charge in [0, 0.05) is 19.1 Å². The molecule has 0 amide bonds. The minimum atomic E-state index is 0.821. The normalized spacial score (nSPS) is 19.2. The maximum atomic E-state index is 3.49. The van der Waals surface area contributed by atoms with E-state index in [4.69, 9.17) is 0 Å². The van der Waals surface area contributed by atoms with Gasteiger partial charge in [-0.1, -0.05) is 26.7 Å². The zero-order valence-electron chi connectivity index (χ0n) is 8.47. The van der Waals surface area contributed by atoms with E-state index in [1.165, 1.54) is 32.1 Å². The van der Waals surface area contributed by atoms with Crippen LogP contribution >= 0.6 is 0 Å². The molecule has 0 aromatic rings. The second kappa shape index (κ2) is 5.55. The molecule has 0 aromatic carbocycles. The van der Waals surface area contributed by atoms with Crippen LogP contribution in [0.2, 0.25) is 0 Å². The standard InChI is InChI=1S/C10H22N2/c1-3-9-11-12(4-2)10-7-5-6-8-10/h10-11H,3-9H2,1-2H3. The van der Waals surface area contributed by atoms with Gasteiger partial charge in [-0.3, -0.25) is 5.43 Å². The summed E-state index contributed by atoms with van der Waals surface area (Å²) in [4.78, 5) is 0. The number of nitrogens with one attached hydrogen (secondary N) is 1. The topological polar surface area (TPSA) is 15.3 Å². The Morgan fingerprint density at radius 2 is 1.92 bits per heavy atom. The molecule has 0 atom stereocenters. The van der Waals surface area contributed by atoms with Gasteiger partial charge in [-0.05, 0) is 19.3 Å². The smallest absolute Gasteiger partial charge is 0.0243 e. The van der Waals surface area contributed by atoms with Crippen molar-refractivity contribution in [2.24, 2.45) is 0 Å². The molecule has 0 saturated heterocycles. The first-order chi connectivity index (χ1) is 5.88. The molecule has 1 aliphatic carbocycles. The van der Waals surface area contributed by atoms with Crippen LogP contribution in [0.3, 0.4) is 0 Å². The lowest BCUT2D eigenvalue weighted by molar-refractivity contribution is 0.134. The second-order valence-electron chi connectivity index (χ2n) is 3.63. The maximum absolute atomic E-state index is 3.49. The molecule has 2 nitrogen and oxygen atoms in total. The Bertz CT molecular complexity index is 108. The fourth-order valence-electron chi connectivity index (χ4n) is 1.97. The third-order valence-electron chi connectivity index (χ3n) is 2.67. The number of hydrazine groups is 1. The van der Waals surface area contributed by atoms with E-state index in [1.54, 1.807) is 0 Å². The largest absolute Gasteiger partial charge is 0.255 e. The summed E-state index contributed by atoms with van der Waals surface area (Å²) in [6.45, 7) is 6.73. The van der Waals surface area contributed by atoms with Crippen molar-refractivity contribution >= 4 is 0 Å². The van der Waals surface area contributed by atoms with Gasteiger partial charge in [0.25, 0.3) is 0 Å². The molecule has 0 spiro atoms. The summed E-state index contributed by atoms with van der Waals surface area (Å²) < 4.78 is 0. The molecule has 1 saturated carbocycles.